The maximum Gasteiger partial charge on any atom is 0.0727 e. The van der Waals surface area contributed by atoms with E-state index >= 15 is 0 Å². The minimum absolute atomic E-state index is 1.03. The van der Waals surface area contributed by atoms with Crippen LogP contribution < -0.4 is 10.2 Å². The molecule has 0 unspecified atom stereocenters. The van der Waals surface area contributed by atoms with Crippen LogP contribution in [0.2, 0.25) is 0 Å². The highest BCUT2D eigenvalue weighted by Crippen LogP contribution is 2.27. The summed E-state index contributed by atoms with van der Waals surface area (Å²) in [5.41, 5.74) is 4.58. The molecular formula is C15H21N3. The van der Waals surface area contributed by atoms with Crippen molar-refractivity contribution in [3.8, 4) is 0 Å². The number of aryl methyl sites for hydroxylation is 1. The third-order valence-electron chi connectivity index (χ3n) is 3.14. The predicted octanol–water partition coefficient (Wildman–Crippen LogP) is 3.30. The second-order valence-electron chi connectivity index (χ2n) is 4.76. The van der Waals surface area contributed by atoms with E-state index in [9.17, 15) is 0 Å². The highest BCUT2D eigenvalue weighted by molar-refractivity contribution is 5.93. The summed E-state index contributed by atoms with van der Waals surface area (Å²) in [6.07, 6.45) is 2.15. The number of rotatable bonds is 4. The number of aromatic nitrogens is 1. The zero-order valence-electron chi connectivity index (χ0n) is 11.6. The average Bonchev–Trinajstić information content (AvgIpc) is 2.37. The summed E-state index contributed by atoms with van der Waals surface area (Å²) in [5.74, 6) is 0. The Labute approximate surface area is 109 Å². The van der Waals surface area contributed by atoms with Gasteiger partial charge < -0.3 is 10.2 Å². The van der Waals surface area contributed by atoms with Gasteiger partial charge in [0, 0.05) is 43.6 Å². The van der Waals surface area contributed by atoms with Crippen LogP contribution >= 0.6 is 0 Å². The predicted molar refractivity (Wildman–Crippen MR) is 79.6 cm³/mol. The Morgan fingerprint density at radius 2 is 2.00 bits per heavy atom. The molecule has 0 atom stereocenters. The highest BCUT2D eigenvalue weighted by atomic mass is 15.1. The van der Waals surface area contributed by atoms with Gasteiger partial charge in [0.05, 0.1) is 5.52 Å². The van der Waals surface area contributed by atoms with Crippen LogP contribution in [0.4, 0.5) is 11.4 Å². The zero-order valence-corrected chi connectivity index (χ0v) is 11.6. The third-order valence-corrected chi connectivity index (χ3v) is 3.14. The topological polar surface area (TPSA) is 28.2 Å². The quantitative estimate of drug-likeness (QED) is 0.893. The first-order chi connectivity index (χ1) is 8.65. The molecule has 1 aromatic carbocycles. The fourth-order valence-electron chi connectivity index (χ4n) is 2.14. The molecule has 2 aromatic rings. The van der Waals surface area contributed by atoms with Gasteiger partial charge >= 0.3 is 0 Å². The first kappa shape index (κ1) is 12.7. The largest absolute Gasteiger partial charge is 0.388 e. The van der Waals surface area contributed by atoms with E-state index in [1.54, 1.807) is 0 Å². The number of nitrogens with zero attached hydrogens (tertiary/aromatic N) is 2. The zero-order chi connectivity index (χ0) is 13.1. The standard InChI is InChI=1S/C15H21N3/c1-5-6-11-9-15(16-2)13-10-12(18(3)4)7-8-14(13)17-11/h7-10H,5-6H2,1-4H3,(H,16,17). The molecule has 2 rings (SSSR count). The average molecular weight is 243 g/mol. The molecule has 0 radical (unpaired) electrons. The van der Waals surface area contributed by atoms with E-state index < -0.39 is 0 Å². The Morgan fingerprint density at radius 1 is 1.22 bits per heavy atom. The Morgan fingerprint density at radius 3 is 2.61 bits per heavy atom. The molecule has 0 saturated heterocycles. The van der Waals surface area contributed by atoms with Crippen molar-refractivity contribution < 1.29 is 0 Å². The molecule has 0 fully saturated rings. The molecule has 1 heterocycles. The molecule has 0 spiro atoms. The first-order valence-electron chi connectivity index (χ1n) is 6.44. The molecular weight excluding hydrogens is 222 g/mol. The Balaban J connectivity index is 2.59. The third kappa shape index (κ3) is 2.40. The summed E-state index contributed by atoms with van der Waals surface area (Å²) in [5, 5.41) is 4.46. The second kappa shape index (κ2) is 5.25. The van der Waals surface area contributed by atoms with Crippen LogP contribution in [0.5, 0.6) is 0 Å². The molecule has 0 aliphatic carbocycles. The van der Waals surface area contributed by atoms with E-state index in [0.29, 0.717) is 0 Å². The van der Waals surface area contributed by atoms with Crippen molar-refractivity contribution >= 4 is 22.3 Å². The van der Waals surface area contributed by atoms with Gasteiger partial charge in [-0.3, -0.25) is 4.98 Å². The van der Waals surface area contributed by atoms with Gasteiger partial charge in [-0.1, -0.05) is 13.3 Å². The molecule has 0 aliphatic heterocycles. The molecule has 3 nitrogen and oxygen atoms in total. The van der Waals surface area contributed by atoms with Crippen molar-refractivity contribution in [2.24, 2.45) is 0 Å². The van der Waals surface area contributed by atoms with Crippen LogP contribution in [0.3, 0.4) is 0 Å². The normalized spacial score (nSPS) is 10.7. The van der Waals surface area contributed by atoms with E-state index in [4.69, 9.17) is 4.98 Å². The maximum absolute atomic E-state index is 4.72. The van der Waals surface area contributed by atoms with Gasteiger partial charge in [-0.15, -0.1) is 0 Å². The molecule has 3 heteroatoms. The molecule has 1 N–H and O–H groups in total. The second-order valence-corrected chi connectivity index (χ2v) is 4.76. The molecule has 96 valence electrons. The fraction of sp³-hybridized carbons (Fsp3) is 0.400. The summed E-state index contributed by atoms with van der Waals surface area (Å²) >= 11 is 0. The van der Waals surface area contributed by atoms with Gasteiger partial charge in [-0.25, -0.2) is 0 Å². The van der Waals surface area contributed by atoms with Gasteiger partial charge in [-0.2, -0.15) is 0 Å². The van der Waals surface area contributed by atoms with Gasteiger partial charge in [0.2, 0.25) is 0 Å². The molecule has 0 saturated carbocycles. The number of anilines is 2. The first-order valence-corrected chi connectivity index (χ1v) is 6.44. The van der Waals surface area contributed by atoms with Crippen LogP contribution in [0, 0.1) is 0 Å². The number of hydrogen-bond acceptors (Lipinski definition) is 3. The minimum Gasteiger partial charge on any atom is -0.388 e. The molecule has 1 aromatic heterocycles. The Kier molecular flexibility index (Phi) is 3.70. The van der Waals surface area contributed by atoms with Gasteiger partial charge in [0.25, 0.3) is 0 Å². The van der Waals surface area contributed by atoms with E-state index in [1.165, 1.54) is 11.1 Å². The number of benzene rings is 1. The smallest absolute Gasteiger partial charge is 0.0727 e. The summed E-state index contributed by atoms with van der Waals surface area (Å²) in [6, 6.07) is 8.56. The lowest BCUT2D eigenvalue weighted by molar-refractivity contribution is 0.890. The number of nitrogens with one attached hydrogen (secondary N) is 1. The Bertz CT molecular complexity index is 547. The van der Waals surface area contributed by atoms with Crippen molar-refractivity contribution in [3.05, 3.63) is 30.0 Å². The van der Waals surface area contributed by atoms with E-state index in [0.717, 1.165) is 29.7 Å². The lowest BCUT2D eigenvalue weighted by Gasteiger charge is -2.15. The number of hydrogen-bond donors (Lipinski definition) is 1. The van der Waals surface area contributed by atoms with Crippen LogP contribution in [-0.2, 0) is 6.42 Å². The van der Waals surface area contributed by atoms with Crippen LogP contribution in [0.25, 0.3) is 10.9 Å². The van der Waals surface area contributed by atoms with Crippen molar-refractivity contribution in [3.63, 3.8) is 0 Å². The van der Waals surface area contributed by atoms with Crippen LogP contribution in [0.15, 0.2) is 24.3 Å². The van der Waals surface area contributed by atoms with Gasteiger partial charge in [0.15, 0.2) is 0 Å². The summed E-state index contributed by atoms with van der Waals surface area (Å²) < 4.78 is 0. The monoisotopic (exact) mass is 243 g/mol. The summed E-state index contributed by atoms with van der Waals surface area (Å²) in [6.45, 7) is 2.18. The summed E-state index contributed by atoms with van der Waals surface area (Å²) in [4.78, 5) is 6.83. The van der Waals surface area contributed by atoms with Crippen LogP contribution in [0.1, 0.15) is 19.0 Å². The minimum atomic E-state index is 1.03. The molecule has 0 bridgehead atoms. The fourth-order valence-corrected chi connectivity index (χ4v) is 2.14. The van der Waals surface area contributed by atoms with E-state index in [-0.39, 0.29) is 0 Å². The molecule has 18 heavy (non-hydrogen) atoms. The maximum atomic E-state index is 4.72. The van der Waals surface area contributed by atoms with Crippen LogP contribution in [-0.4, -0.2) is 26.1 Å². The van der Waals surface area contributed by atoms with Crippen molar-refractivity contribution in [2.45, 2.75) is 19.8 Å². The van der Waals surface area contributed by atoms with Gasteiger partial charge in [0.1, 0.15) is 0 Å². The lowest BCUT2D eigenvalue weighted by Crippen LogP contribution is -2.08. The van der Waals surface area contributed by atoms with Crippen molar-refractivity contribution in [2.75, 3.05) is 31.4 Å². The van der Waals surface area contributed by atoms with E-state index in [1.807, 2.05) is 7.05 Å². The van der Waals surface area contributed by atoms with Gasteiger partial charge in [-0.05, 0) is 30.7 Å². The summed E-state index contributed by atoms with van der Waals surface area (Å²) in [7, 11) is 6.07. The molecule has 0 amide bonds. The highest BCUT2D eigenvalue weighted by Gasteiger charge is 2.06. The number of pyridine rings is 1. The van der Waals surface area contributed by atoms with Crippen molar-refractivity contribution in [1.29, 1.82) is 0 Å². The molecule has 0 aliphatic rings. The van der Waals surface area contributed by atoms with E-state index in [2.05, 4.69) is 55.5 Å². The lowest BCUT2D eigenvalue weighted by atomic mass is 10.1. The Hall–Kier alpha value is -1.77. The number of fused-ring (bicyclic) bond motifs is 1. The SMILES string of the molecule is CCCc1cc(NC)c2cc(N(C)C)ccc2n1. The van der Waals surface area contributed by atoms with Crippen molar-refractivity contribution in [1.82, 2.24) is 4.98 Å².